The molecule has 2 unspecified atom stereocenters. The molecule has 6 heteroatoms. The standard InChI is InChI=1S/C17H30N2O4/c1-17(2,3)23-16(21)19-10-9-12(18-4)11-14(19)15(20)22-13-7-5-6-8-13/h12-14,18H,5-11H2,1-4H3. The average Bonchev–Trinajstić information content (AvgIpc) is 2.97. The van der Waals surface area contributed by atoms with Gasteiger partial charge >= 0.3 is 12.1 Å². The zero-order valence-corrected chi connectivity index (χ0v) is 14.8. The van der Waals surface area contributed by atoms with Gasteiger partial charge in [-0.05, 0) is 66.3 Å². The molecule has 0 spiro atoms. The highest BCUT2D eigenvalue weighted by Crippen LogP contribution is 2.25. The van der Waals surface area contributed by atoms with Crippen molar-refractivity contribution < 1.29 is 19.1 Å². The van der Waals surface area contributed by atoms with Crippen molar-refractivity contribution in [2.45, 2.75) is 83.1 Å². The normalized spacial score (nSPS) is 26.2. The van der Waals surface area contributed by atoms with Gasteiger partial charge in [0, 0.05) is 12.6 Å². The number of hydrogen-bond donors (Lipinski definition) is 1. The Labute approximate surface area is 138 Å². The van der Waals surface area contributed by atoms with Gasteiger partial charge in [-0.15, -0.1) is 0 Å². The second-order valence-corrected chi connectivity index (χ2v) is 7.54. The summed E-state index contributed by atoms with van der Waals surface area (Å²) in [6.07, 6.45) is 5.04. The summed E-state index contributed by atoms with van der Waals surface area (Å²) in [5, 5.41) is 3.20. The minimum atomic E-state index is -0.573. The van der Waals surface area contributed by atoms with Gasteiger partial charge in [-0.3, -0.25) is 4.90 Å². The van der Waals surface area contributed by atoms with E-state index in [2.05, 4.69) is 5.32 Å². The molecule has 2 fully saturated rings. The number of hydrogen-bond acceptors (Lipinski definition) is 5. The van der Waals surface area contributed by atoms with Crippen molar-refractivity contribution >= 4 is 12.1 Å². The summed E-state index contributed by atoms with van der Waals surface area (Å²) in [5.74, 6) is -0.289. The lowest BCUT2D eigenvalue weighted by atomic mass is 9.97. The SMILES string of the molecule is CNC1CCN(C(=O)OC(C)(C)C)C(C(=O)OC2CCCC2)C1. The first-order valence-electron chi connectivity index (χ1n) is 8.67. The molecule has 1 aliphatic carbocycles. The van der Waals surface area contributed by atoms with Crippen molar-refractivity contribution in [3.8, 4) is 0 Å². The van der Waals surface area contributed by atoms with Crippen LogP contribution in [0.1, 0.15) is 59.3 Å². The van der Waals surface area contributed by atoms with E-state index in [1.807, 2.05) is 27.8 Å². The van der Waals surface area contributed by atoms with Crippen LogP contribution < -0.4 is 5.32 Å². The third kappa shape index (κ3) is 5.09. The summed E-state index contributed by atoms with van der Waals surface area (Å²) in [6.45, 7) is 6.00. The number of carbonyl (C=O) groups is 2. The van der Waals surface area contributed by atoms with E-state index in [9.17, 15) is 9.59 Å². The maximum Gasteiger partial charge on any atom is 0.411 e. The Morgan fingerprint density at radius 2 is 1.78 bits per heavy atom. The van der Waals surface area contributed by atoms with Gasteiger partial charge in [-0.2, -0.15) is 0 Å². The van der Waals surface area contributed by atoms with Gasteiger partial charge in [0.05, 0.1) is 0 Å². The van der Waals surface area contributed by atoms with Crippen LogP contribution in [-0.4, -0.2) is 54.3 Å². The number of esters is 1. The smallest absolute Gasteiger partial charge is 0.411 e. The Morgan fingerprint density at radius 1 is 1.13 bits per heavy atom. The monoisotopic (exact) mass is 326 g/mol. The van der Waals surface area contributed by atoms with Crippen LogP contribution >= 0.6 is 0 Å². The van der Waals surface area contributed by atoms with Crippen molar-refractivity contribution in [3.05, 3.63) is 0 Å². The molecule has 0 aromatic rings. The van der Waals surface area contributed by atoms with Crippen LogP contribution in [0.15, 0.2) is 0 Å². The lowest BCUT2D eigenvalue weighted by Gasteiger charge is -2.38. The fourth-order valence-electron chi connectivity index (χ4n) is 3.24. The lowest BCUT2D eigenvalue weighted by Crippen LogP contribution is -2.55. The molecule has 6 nitrogen and oxygen atoms in total. The number of nitrogens with zero attached hydrogens (tertiary/aromatic N) is 1. The first-order valence-corrected chi connectivity index (χ1v) is 8.67. The maximum absolute atomic E-state index is 12.6. The van der Waals surface area contributed by atoms with Crippen molar-refractivity contribution in [2.75, 3.05) is 13.6 Å². The molecule has 0 aromatic heterocycles. The molecular weight excluding hydrogens is 296 g/mol. The molecular formula is C17H30N2O4. The molecule has 1 amide bonds. The van der Waals surface area contributed by atoms with Crippen LogP contribution in [0.3, 0.4) is 0 Å². The van der Waals surface area contributed by atoms with Crippen molar-refractivity contribution in [1.82, 2.24) is 10.2 Å². The van der Waals surface area contributed by atoms with Crippen LogP contribution in [0, 0.1) is 0 Å². The first-order chi connectivity index (χ1) is 10.8. The Bertz CT molecular complexity index is 427. The number of carbonyl (C=O) groups excluding carboxylic acids is 2. The van der Waals surface area contributed by atoms with E-state index >= 15 is 0 Å². The van der Waals surface area contributed by atoms with E-state index in [0.29, 0.717) is 13.0 Å². The molecule has 1 aliphatic heterocycles. The zero-order chi connectivity index (χ0) is 17.0. The zero-order valence-electron chi connectivity index (χ0n) is 14.8. The molecule has 132 valence electrons. The predicted octanol–water partition coefficient (Wildman–Crippen LogP) is 2.46. The largest absolute Gasteiger partial charge is 0.461 e. The Balaban J connectivity index is 2.04. The lowest BCUT2D eigenvalue weighted by molar-refractivity contribution is -0.156. The van der Waals surface area contributed by atoms with Crippen molar-refractivity contribution in [2.24, 2.45) is 0 Å². The average molecular weight is 326 g/mol. The van der Waals surface area contributed by atoms with E-state index in [1.54, 1.807) is 0 Å². The fraction of sp³-hybridized carbons (Fsp3) is 0.882. The highest BCUT2D eigenvalue weighted by atomic mass is 16.6. The second kappa shape index (κ2) is 7.51. The fourth-order valence-corrected chi connectivity index (χ4v) is 3.24. The minimum Gasteiger partial charge on any atom is -0.461 e. The predicted molar refractivity (Wildman–Crippen MR) is 87.2 cm³/mol. The van der Waals surface area contributed by atoms with Crippen LogP contribution in [0.5, 0.6) is 0 Å². The molecule has 2 atom stereocenters. The van der Waals surface area contributed by atoms with Crippen LogP contribution in [0.4, 0.5) is 4.79 Å². The van der Waals surface area contributed by atoms with Gasteiger partial charge in [0.2, 0.25) is 0 Å². The molecule has 1 N–H and O–H groups in total. The number of likely N-dealkylation sites (tertiary alicyclic amines) is 1. The third-order valence-corrected chi connectivity index (χ3v) is 4.50. The van der Waals surface area contributed by atoms with Crippen molar-refractivity contribution in [3.63, 3.8) is 0 Å². The second-order valence-electron chi connectivity index (χ2n) is 7.54. The van der Waals surface area contributed by atoms with Gasteiger partial charge in [-0.25, -0.2) is 9.59 Å². The number of amides is 1. The Morgan fingerprint density at radius 3 is 2.35 bits per heavy atom. The summed E-state index contributed by atoms with van der Waals surface area (Å²) < 4.78 is 11.1. The Kier molecular flexibility index (Phi) is 5.89. The van der Waals surface area contributed by atoms with Gasteiger partial charge < -0.3 is 14.8 Å². The molecule has 2 rings (SSSR count). The van der Waals surface area contributed by atoms with Gasteiger partial charge in [0.25, 0.3) is 0 Å². The van der Waals surface area contributed by atoms with Gasteiger partial charge in [-0.1, -0.05) is 0 Å². The molecule has 0 aromatic carbocycles. The molecule has 1 saturated heterocycles. The Hall–Kier alpha value is -1.30. The maximum atomic E-state index is 12.6. The van der Waals surface area contributed by atoms with Gasteiger partial charge in [0.1, 0.15) is 17.7 Å². The third-order valence-electron chi connectivity index (χ3n) is 4.50. The van der Waals surface area contributed by atoms with Crippen LogP contribution in [0.2, 0.25) is 0 Å². The number of nitrogens with one attached hydrogen (secondary N) is 1. The van der Waals surface area contributed by atoms with E-state index in [-0.39, 0.29) is 18.1 Å². The van der Waals surface area contributed by atoms with Crippen molar-refractivity contribution in [1.29, 1.82) is 0 Å². The molecule has 0 radical (unpaired) electrons. The molecule has 1 saturated carbocycles. The highest BCUT2D eigenvalue weighted by Gasteiger charge is 2.39. The molecule has 0 bridgehead atoms. The minimum absolute atomic E-state index is 0.0120. The summed E-state index contributed by atoms with van der Waals surface area (Å²) in [5.41, 5.74) is -0.573. The molecule has 1 heterocycles. The summed E-state index contributed by atoms with van der Waals surface area (Å²) in [7, 11) is 1.88. The summed E-state index contributed by atoms with van der Waals surface area (Å²) in [6, 6.07) is -0.341. The first kappa shape index (κ1) is 18.0. The van der Waals surface area contributed by atoms with E-state index < -0.39 is 17.7 Å². The van der Waals surface area contributed by atoms with Crippen LogP contribution in [0.25, 0.3) is 0 Å². The molecule has 2 aliphatic rings. The van der Waals surface area contributed by atoms with Crippen LogP contribution in [-0.2, 0) is 14.3 Å². The van der Waals surface area contributed by atoms with E-state index in [1.165, 1.54) is 4.90 Å². The summed E-state index contributed by atoms with van der Waals surface area (Å²) >= 11 is 0. The molecule has 23 heavy (non-hydrogen) atoms. The summed E-state index contributed by atoms with van der Waals surface area (Å²) in [4.78, 5) is 26.6. The quantitative estimate of drug-likeness (QED) is 0.807. The van der Waals surface area contributed by atoms with Gasteiger partial charge in [0.15, 0.2) is 0 Å². The van der Waals surface area contributed by atoms with E-state index in [4.69, 9.17) is 9.47 Å². The topological polar surface area (TPSA) is 67.9 Å². The van der Waals surface area contributed by atoms with E-state index in [0.717, 1.165) is 32.1 Å². The number of rotatable bonds is 3. The number of piperidine rings is 1. The highest BCUT2D eigenvalue weighted by molar-refractivity contribution is 5.82. The number of ether oxygens (including phenoxy) is 2.